The lowest BCUT2D eigenvalue weighted by Crippen LogP contribution is -2.35. The number of H-pyrrole nitrogens is 1. The quantitative estimate of drug-likeness (QED) is 0.525. The van der Waals surface area contributed by atoms with Crippen molar-refractivity contribution in [1.29, 1.82) is 0 Å². The van der Waals surface area contributed by atoms with Gasteiger partial charge in [-0.2, -0.15) is 13.2 Å². The van der Waals surface area contributed by atoms with Crippen molar-refractivity contribution in [3.05, 3.63) is 104 Å². The van der Waals surface area contributed by atoms with E-state index in [0.29, 0.717) is 11.5 Å². The summed E-state index contributed by atoms with van der Waals surface area (Å²) < 4.78 is 50.4. The largest absolute Gasteiger partial charge is 0.416 e. The number of aromatic amines is 1. The Kier molecular flexibility index (Phi) is 9.00. The van der Waals surface area contributed by atoms with Gasteiger partial charge in [0.25, 0.3) is 5.56 Å². The molecule has 37 heavy (non-hydrogen) atoms. The van der Waals surface area contributed by atoms with Gasteiger partial charge in [-0.1, -0.05) is 48.5 Å². The summed E-state index contributed by atoms with van der Waals surface area (Å²) in [6.07, 6.45) is 0.571. The summed E-state index contributed by atoms with van der Waals surface area (Å²) >= 11 is 0. The molecule has 0 amide bonds. The molecule has 2 fully saturated rings. The van der Waals surface area contributed by atoms with Crippen LogP contribution >= 0.6 is 0 Å². The van der Waals surface area contributed by atoms with Gasteiger partial charge in [0.15, 0.2) is 0 Å². The van der Waals surface area contributed by atoms with Gasteiger partial charge in [-0.15, -0.1) is 0 Å². The van der Waals surface area contributed by atoms with Crippen molar-refractivity contribution in [3.63, 3.8) is 0 Å². The fourth-order valence-corrected chi connectivity index (χ4v) is 4.85. The topological polar surface area (TPSA) is 73.3 Å². The van der Waals surface area contributed by atoms with Crippen LogP contribution in [-0.2, 0) is 22.1 Å². The smallest absolute Gasteiger partial charge is 0.377 e. The summed E-state index contributed by atoms with van der Waals surface area (Å²) in [6, 6.07) is 15.1. The van der Waals surface area contributed by atoms with Crippen molar-refractivity contribution < 1.29 is 22.6 Å². The summed E-state index contributed by atoms with van der Waals surface area (Å²) in [7, 11) is 0. The maximum atomic E-state index is 13.0. The monoisotopic (exact) mass is 516 g/mol. The average molecular weight is 517 g/mol. The Labute approximate surface area is 213 Å². The first-order valence-corrected chi connectivity index (χ1v) is 12.5. The van der Waals surface area contributed by atoms with Gasteiger partial charge in [0.2, 0.25) is 0 Å². The Balaban J connectivity index is 0.000000469. The molecule has 2 aliphatic rings. The molecule has 1 aliphatic heterocycles. The molecular weight excluding hydrogens is 485 g/mol. The first-order valence-electron chi connectivity index (χ1n) is 12.5. The molecule has 1 aliphatic carbocycles. The highest BCUT2D eigenvalue weighted by atomic mass is 19.4. The Bertz CT molecular complexity index is 1250. The number of hydrogen-bond acceptors (Lipinski definition) is 4. The average Bonchev–Trinajstić information content (AvgIpc) is 2.92. The van der Waals surface area contributed by atoms with Crippen LogP contribution < -0.4 is 11.2 Å². The molecule has 0 unspecified atom stereocenters. The zero-order chi connectivity index (χ0) is 26.3. The van der Waals surface area contributed by atoms with Gasteiger partial charge in [-0.25, -0.2) is 4.79 Å². The molecule has 1 N–H and O–H groups in total. The van der Waals surface area contributed by atoms with Crippen molar-refractivity contribution in [2.75, 3.05) is 26.4 Å². The zero-order valence-corrected chi connectivity index (χ0v) is 20.5. The van der Waals surface area contributed by atoms with Crippen LogP contribution in [0.25, 0.3) is 0 Å². The van der Waals surface area contributed by atoms with Gasteiger partial charge in [-0.05, 0) is 48.8 Å². The number of alkyl halides is 3. The minimum absolute atomic E-state index is 0.0267. The number of halogens is 3. The molecule has 0 atom stereocenters. The lowest BCUT2D eigenvalue weighted by molar-refractivity contribution is -0.137. The van der Waals surface area contributed by atoms with Crippen molar-refractivity contribution in [3.8, 4) is 0 Å². The Morgan fingerprint density at radius 3 is 2.11 bits per heavy atom. The summed E-state index contributed by atoms with van der Waals surface area (Å²) in [6.45, 7) is 3.11. The predicted octanol–water partition coefficient (Wildman–Crippen LogP) is 5.08. The number of ether oxygens (including phenoxy) is 2. The van der Waals surface area contributed by atoms with E-state index in [0.717, 1.165) is 64.2 Å². The minimum atomic E-state index is -4.45. The summed E-state index contributed by atoms with van der Waals surface area (Å²) in [5.74, 6) is 0.445. The molecule has 3 aromatic rings. The fraction of sp³-hybridized carbons (Fsp3) is 0.429. The SMILES string of the molecule is C1COCCO1.O=c1[nH]c(=O)n(C2CCC(c3ccccc3)CC2)cc1Cc1cccc(C(F)(F)F)c1. The van der Waals surface area contributed by atoms with Crippen LogP contribution in [0.5, 0.6) is 0 Å². The van der Waals surface area contributed by atoms with Crippen molar-refractivity contribution in [2.45, 2.75) is 50.2 Å². The van der Waals surface area contributed by atoms with E-state index in [1.54, 1.807) is 10.6 Å². The second kappa shape index (κ2) is 12.4. The van der Waals surface area contributed by atoms with E-state index in [9.17, 15) is 22.8 Å². The molecule has 1 saturated heterocycles. The third-order valence-electron chi connectivity index (χ3n) is 6.80. The molecule has 0 spiro atoms. The third-order valence-corrected chi connectivity index (χ3v) is 6.80. The van der Waals surface area contributed by atoms with Gasteiger partial charge in [0.05, 0.1) is 32.0 Å². The maximum Gasteiger partial charge on any atom is 0.416 e. The van der Waals surface area contributed by atoms with E-state index in [1.165, 1.54) is 17.8 Å². The van der Waals surface area contributed by atoms with Crippen LogP contribution in [0, 0.1) is 0 Å². The van der Waals surface area contributed by atoms with E-state index >= 15 is 0 Å². The molecule has 2 aromatic carbocycles. The number of nitrogens with zero attached hydrogens (tertiary/aromatic N) is 1. The highest BCUT2D eigenvalue weighted by Crippen LogP contribution is 2.37. The normalized spacial score (nSPS) is 20.1. The maximum absolute atomic E-state index is 13.0. The minimum Gasteiger partial charge on any atom is -0.377 e. The van der Waals surface area contributed by atoms with Gasteiger partial charge in [0.1, 0.15) is 0 Å². The lowest BCUT2D eigenvalue weighted by atomic mass is 9.81. The molecule has 2 heterocycles. The zero-order valence-electron chi connectivity index (χ0n) is 20.5. The van der Waals surface area contributed by atoms with E-state index < -0.39 is 23.0 Å². The molecule has 1 saturated carbocycles. The summed E-state index contributed by atoms with van der Waals surface area (Å²) in [4.78, 5) is 27.1. The van der Waals surface area contributed by atoms with Crippen molar-refractivity contribution >= 4 is 0 Å². The molecule has 5 rings (SSSR count). The van der Waals surface area contributed by atoms with Gasteiger partial charge in [-0.3, -0.25) is 14.3 Å². The summed E-state index contributed by atoms with van der Waals surface area (Å²) in [5.41, 5.74) is 0.161. The second-order valence-corrected chi connectivity index (χ2v) is 9.34. The first kappa shape index (κ1) is 26.9. The number of rotatable bonds is 4. The molecule has 0 bridgehead atoms. The van der Waals surface area contributed by atoms with E-state index in [1.807, 2.05) is 18.2 Å². The highest BCUT2D eigenvalue weighted by Gasteiger charge is 2.30. The third kappa shape index (κ3) is 7.42. The molecule has 0 radical (unpaired) electrons. The van der Waals surface area contributed by atoms with Crippen LogP contribution in [0.2, 0.25) is 0 Å². The van der Waals surface area contributed by atoms with Crippen LogP contribution in [0.15, 0.2) is 70.4 Å². The molecule has 198 valence electrons. The Morgan fingerprint density at radius 1 is 0.865 bits per heavy atom. The highest BCUT2D eigenvalue weighted by molar-refractivity contribution is 5.29. The van der Waals surface area contributed by atoms with E-state index in [2.05, 4.69) is 17.1 Å². The van der Waals surface area contributed by atoms with E-state index in [-0.39, 0.29) is 18.0 Å². The van der Waals surface area contributed by atoms with Gasteiger partial charge < -0.3 is 9.47 Å². The number of hydrogen-bond donors (Lipinski definition) is 1. The van der Waals surface area contributed by atoms with Crippen molar-refractivity contribution in [2.24, 2.45) is 0 Å². The Morgan fingerprint density at radius 2 is 1.51 bits per heavy atom. The summed E-state index contributed by atoms with van der Waals surface area (Å²) in [5, 5.41) is 0. The van der Waals surface area contributed by atoms with Crippen molar-refractivity contribution in [1.82, 2.24) is 9.55 Å². The number of aromatic nitrogens is 2. The van der Waals surface area contributed by atoms with Crippen LogP contribution in [0.3, 0.4) is 0 Å². The Hall–Kier alpha value is -3.17. The van der Waals surface area contributed by atoms with Crippen LogP contribution in [0.1, 0.15) is 59.9 Å². The lowest BCUT2D eigenvalue weighted by Gasteiger charge is -2.30. The molecule has 9 heteroatoms. The van der Waals surface area contributed by atoms with Gasteiger partial charge in [0, 0.05) is 24.2 Å². The number of nitrogens with one attached hydrogen (secondary N) is 1. The number of benzene rings is 2. The van der Waals surface area contributed by atoms with Crippen LogP contribution in [0.4, 0.5) is 13.2 Å². The fourth-order valence-electron chi connectivity index (χ4n) is 4.85. The van der Waals surface area contributed by atoms with Crippen LogP contribution in [-0.4, -0.2) is 36.0 Å². The van der Waals surface area contributed by atoms with Gasteiger partial charge >= 0.3 is 11.9 Å². The molecular formula is C28H31F3N2O4. The first-order chi connectivity index (χ1) is 17.8. The van der Waals surface area contributed by atoms with E-state index in [4.69, 9.17) is 9.47 Å². The second-order valence-electron chi connectivity index (χ2n) is 9.34. The molecule has 6 nitrogen and oxygen atoms in total. The standard InChI is InChI=1S/C24H23F3N2O2.C4H8O2/c25-24(26,27)20-8-4-5-16(14-20)13-19-15-29(23(31)28-22(19)30)21-11-9-18(10-12-21)17-6-2-1-3-7-17;1-2-6-4-3-5-1/h1-8,14-15,18,21H,9-13H2,(H,28,30,31);1-4H2. The predicted molar refractivity (Wildman–Crippen MR) is 134 cm³/mol. The molecule has 1 aromatic heterocycles.